The third-order valence-electron chi connectivity index (χ3n) is 2.34. The molecule has 0 aliphatic carbocycles. The van der Waals surface area contributed by atoms with Crippen molar-refractivity contribution < 1.29 is 0 Å². The van der Waals surface area contributed by atoms with Gasteiger partial charge in [-0.05, 0) is 0 Å². The molecule has 0 atom stereocenters. The molecule has 0 bridgehead atoms. The van der Waals surface area contributed by atoms with Crippen LogP contribution in [0.1, 0.15) is 24.1 Å². The molecule has 12 heavy (non-hydrogen) atoms. The number of hydrogen-bond acceptors (Lipinski definition) is 2. The van der Waals surface area contributed by atoms with Crippen LogP contribution in [-0.2, 0) is 19.3 Å². The van der Waals surface area contributed by atoms with E-state index in [1.54, 1.807) is 0 Å². The first-order chi connectivity index (χ1) is 5.90. The molecule has 0 saturated heterocycles. The minimum atomic E-state index is 1.01. The molecule has 1 aliphatic heterocycles. The van der Waals surface area contributed by atoms with Gasteiger partial charge in [-0.3, -0.25) is 0 Å². The van der Waals surface area contributed by atoms with Crippen molar-refractivity contribution in [2.24, 2.45) is 0 Å². The van der Waals surface area contributed by atoms with E-state index >= 15 is 0 Å². The second-order valence-electron chi connectivity index (χ2n) is 3.21. The molecule has 1 aliphatic rings. The van der Waals surface area contributed by atoms with E-state index in [2.05, 4.69) is 22.2 Å². The van der Waals surface area contributed by atoms with Gasteiger partial charge in [-0.1, -0.05) is 6.92 Å². The maximum absolute atomic E-state index is 4.53. The Balaban J connectivity index is 2.26. The van der Waals surface area contributed by atoms with Crippen molar-refractivity contribution in [3.63, 3.8) is 0 Å². The minimum Gasteiger partial charge on any atom is -0.346 e. The maximum atomic E-state index is 4.53. The highest BCUT2D eigenvalue weighted by Gasteiger charge is 2.11. The molecule has 0 aromatic carbocycles. The Kier molecular flexibility index (Phi) is 2.13. The largest absolute Gasteiger partial charge is 0.346 e. The van der Waals surface area contributed by atoms with Gasteiger partial charge in [0, 0.05) is 38.0 Å². The van der Waals surface area contributed by atoms with Crippen molar-refractivity contribution in [2.75, 3.05) is 13.1 Å². The Morgan fingerprint density at radius 1 is 1.33 bits per heavy atom. The summed E-state index contributed by atoms with van der Waals surface area (Å²) in [6, 6.07) is 0. The normalized spacial score (nSPS) is 17.1. The van der Waals surface area contributed by atoms with Crippen LogP contribution < -0.4 is 5.32 Å². The number of hydrogen-bond donors (Lipinski definition) is 2. The topological polar surface area (TPSA) is 40.7 Å². The quantitative estimate of drug-likeness (QED) is 0.642. The average Bonchev–Trinajstić information content (AvgIpc) is 2.37. The highest BCUT2D eigenvalue weighted by atomic mass is 15.0. The fourth-order valence-electron chi connectivity index (χ4n) is 1.63. The van der Waals surface area contributed by atoms with Crippen LogP contribution in [-0.4, -0.2) is 23.1 Å². The highest BCUT2D eigenvalue weighted by Crippen LogP contribution is 2.10. The first-order valence-electron chi connectivity index (χ1n) is 4.67. The Morgan fingerprint density at radius 2 is 2.17 bits per heavy atom. The lowest BCUT2D eigenvalue weighted by molar-refractivity contribution is 0.700. The molecular weight excluding hydrogens is 150 g/mol. The summed E-state index contributed by atoms with van der Waals surface area (Å²) in [4.78, 5) is 7.91. The van der Waals surface area contributed by atoms with Gasteiger partial charge in [0.25, 0.3) is 0 Å². The lowest BCUT2D eigenvalue weighted by atomic mass is 10.2. The monoisotopic (exact) mass is 165 g/mol. The van der Waals surface area contributed by atoms with Crippen LogP contribution in [0, 0.1) is 0 Å². The molecule has 0 spiro atoms. The fraction of sp³-hybridized carbons (Fsp3) is 0.667. The van der Waals surface area contributed by atoms with E-state index in [-0.39, 0.29) is 0 Å². The molecule has 1 aromatic heterocycles. The zero-order valence-corrected chi connectivity index (χ0v) is 7.48. The first-order valence-corrected chi connectivity index (χ1v) is 4.67. The molecule has 0 saturated carbocycles. The molecular formula is C9H15N3. The summed E-state index contributed by atoms with van der Waals surface area (Å²) in [5, 5.41) is 3.36. The third kappa shape index (κ3) is 1.37. The smallest absolute Gasteiger partial charge is 0.106 e. The number of H-pyrrole nitrogens is 1. The fourth-order valence-corrected chi connectivity index (χ4v) is 1.63. The van der Waals surface area contributed by atoms with Crippen molar-refractivity contribution in [1.29, 1.82) is 0 Å². The summed E-state index contributed by atoms with van der Waals surface area (Å²) in [7, 11) is 0. The van der Waals surface area contributed by atoms with Gasteiger partial charge in [0.15, 0.2) is 0 Å². The lowest BCUT2D eigenvalue weighted by Crippen LogP contribution is -2.16. The van der Waals surface area contributed by atoms with E-state index in [1.807, 2.05) is 0 Å². The molecule has 2 heterocycles. The van der Waals surface area contributed by atoms with E-state index in [0.717, 1.165) is 38.2 Å². The molecule has 0 fully saturated rings. The lowest BCUT2D eigenvalue weighted by Gasteiger charge is -1.95. The number of aryl methyl sites for hydroxylation is 1. The van der Waals surface area contributed by atoms with Crippen molar-refractivity contribution in [3.8, 4) is 0 Å². The van der Waals surface area contributed by atoms with Gasteiger partial charge in [0.2, 0.25) is 0 Å². The second kappa shape index (κ2) is 3.27. The van der Waals surface area contributed by atoms with Gasteiger partial charge >= 0.3 is 0 Å². The molecule has 66 valence electrons. The van der Waals surface area contributed by atoms with Gasteiger partial charge < -0.3 is 10.3 Å². The standard InChI is InChI=1S/C9H15N3/c1-2-9-11-7-3-5-10-6-4-8(7)12-9/h10H,2-6H2,1H3,(H,11,12). The Labute approximate surface area is 72.6 Å². The van der Waals surface area contributed by atoms with Gasteiger partial charge in [0.05, 0.1) is 5.69 Å². The van der Waals surface area contributed by atoms with Crippen LogP contribution in [0.4, 0.5) is 0 Å². The summed E-state index contributed by atoms with van der Waals surface area (Å²) in [5.74, 6) is 1.14. The SMILES string of the molecule is CCc1nc2c([nH]1)CCNCC2. The van der Waals surface area contributed by atoms with Gasteiger partial charge in [0.1, 0.15) is 5.82 Å². The minimum absolute atomic E-state index is 1.01. The zero-order chi connectivity index (χ0) is 8.39. The number of imidazole rings is 1. The molecule has 0 unspecified atom stereocenters. The van der Waals surface area contributed by atoms with E-state index in [1.165, 1.54) is 11.4 Å². The number of rotatable bonds is 1. The Morgan fingerprint density at radius 3 is 3.00 bits per heavy atom. The summed E-state index contributed by atoms with van der Waals surface area (Å²) in [6.07, 6.45) is 3.19. The van der Waals surface area contributed by atoms with Crippen molar-refractivity contribution in [3.05, 3.63) is 17.2 Å². The molecule has 2 rings (SSSR count). The van der Waals surface area contributed by atoms with Crippen LogP contribution in [0.5, 0.6) is 0 Å². The van der Waals surface area contributed by atoms with Crippen LogP contribution >= 0.6 is 0 Å². The number of nitrogens with zero attached hydrogens (tertiary/aromatic N) is 1. The van der Waals surface area contributed by atoms with Crippen LogP contribution in [0.2, 0.25) is 0 Å². The molecule has 3 heteroatoms. The Bertz CT molecular complexity index is 241. The van der Waals surface area contributed by atoms with E-state index in [0.29, 0.717) is 0 Å². The van der Waals surface area contributed by atoms with E-state index in [4.69, 9.17) is 0 Å². The van der Waals surface area contributed by atoms with Gasteiger partial charge in [-0.15, -0.1) is 0 Å². The van der Waals surface area contributed by atoms with Gasteiger partial charge in [-0.2, -0.15) is 0 Å². The first kappa shape index (κ1) is 7.80. The second-order valence-corrected chi connectivity index (χ2v) is 3.21. The summed E-state index contributed by atoms with van der Waals surface area (Å²) >= 11 is 0. The predicted molar refractivity (Wildman–Crippen MR) is 48.2 cm³/mol. The highest BCUT2D eigenvalue weighted by molar-refractivity contribution is 5.17. The van der Waals surface area contributed by atoms with Crippen LogP contribution in [0.3, 0.4) is 0 Å². The maximum Gasteiger partial charge on any atom is 0.106 e. The number of nitrogens with one attached hydrogen (secondary N) is 2. The molecule has 0 radical (unpaired) electrons. The molecule has 2 N–H and O–H groups in total. The van der Waals surface area contributed by atoms with Crippen molar-refractivity contribution in [1.82, 2.24) is 15.3 Å². The predicted octanol–water partition coefficient (Wildman–Crippen LogP) is 0.660. The average molecular weight is 165 g/mol. The number of fused-ring (bicyclic) bond motifs is 1. The number of aromatic nitrogens is 2. The molecule has 1 aromatic rings. The summed E-state index contributed by atoms with van der Waals surface area (Å²) in [5.41, 5.74) is 2.62. The van der Waals surface area contributed by atoms with Crippen molar-refractivity contribution >= 4 is 0 Å². The van der Waals surface area contributed by atoms with Crippen LogP contribution in [0.15, 0.2) is 0 Å². The van der Waals surface area contributed by atoms with E-state index in [9.17, 15) is 0 Å². The molecule has 3 nitrogen and oxygen atoms in total. The van der Waals surface area contributed by atoms with Crippen LogP contribution in [0.25, 0.3) is 0 Å². The van der Waals surface area contributed by atoms with E-state index < -0.39 is 0 Å². The van der Waals surface area contributed by atoms with Gasteiger partial charge in [-0.25, -0.2) is 4.98 Å². The molecule has 0 amide bonds. The summed E-state index contributed by atoms with van der Waals surface area (Å²) < 4.78 is 0. The van der Waals surface area contributed by atoms with Crippen molar-refractivity contribution in [2.45, 2.75) is 26.2 Å². The third-order valence-corrected chi connectivity index (χ3v) is 2.34. The number of aromatic amines is 1. The Hall–Kier alpha value is -0.830. The zero-order valence-electron chi connectivity index (χ0n) is 7.48. The summed E-state index contributed by atoms with van der Waals surface area (Å²) in [6.45, 7) is 4.29.